The second-order valence-corrected chi connectivity index (χ2v) is 2.87. The Morgan fingerprint density at radius 2 is 2.25 bits per heavy atom. The average molecular weight is 227 g/mol. The SMILES string of the molecule is COc1ccc(O)c(NC(=O)OCCO)c1. The van der Waals surface area contributed by atoms with E-state index in [0.29, 0.717) is 5.75 Å². The Morgan fingerprint density at radius 1 is 1.50 bits per heavy atom. The van der Waals surface area contributed by atoms with Gasteiger partial charge >= 0.3 is 6.09 Å². The minimum Gasteiger partial charge on any atom is -0.506 e. The molecule has 0 aromatic heterocycles. The highest BCUT2D eigenvalue weighted by Crippen LogP contribution is 2.27. The Bertz CT molecular complexity index is 366. The number of aliphatic hydroxyl groups excluding tert-OH is 1. The molecule has 3 N–H and O–H groups in total. The molecule has 0 saturated carbocycles. The van der Waals surface area contributed by atoms with E-state index in [1.54, 1.807) is 6.07 Å². The second-order valence-electron chi connectivity index (χ2n) is 2.87. The van der Waals surface area contributed by atoms with Gasteiger partial charge in [-0.1, -0.05) is 0 Å². The fraction of sp³-hybridized carbons (Fsp3) is 0.300. The third kappa shape index (κ3) is 3.32. The summed E-state index contributed by atoms with van der Waals surface area (Å²) in [6, 6.07) is 4.40. The molecule has 0 unspecified atom stereocenters. The summed E-state index contributed by atoms with van der Waals surface area (Å²) < 4.78 is 9.50. The number of amides is 1. The van der Waals surface area contributed by atoms with E-state index in [-0.39, 0.29) is 24.7 Å². The van der Waals surface area contributed by atoms with Gasteiger partial charge in [-0.2, -0.15) is 0 Å². The zero-order valence-electron chi connectivity index (χ0n) is 8.77. The second kappa shape index (κ2) is 5.82. The molecule has 0 aliphatic heterocycles. The molecule has 0 aliphatic rings. The van der Waals surface area contributed by atoms with Crippen LogP contribution in [0.4, 0.5) is 10.5 Å². The van der Waals surface area contributed by atoms with E-state index in [1.165, 1.54) is 19.2 Å². The van der Waals surface area contributed by atoms with Crippen LogP contribution in [-0.4, -0.2) is 36.6 Å². The third-order valence-electron chi connectivity index (χ3n) is 1.76. The van der Waals surface area contributed by atoms with Crippen molar-refractivity contribution >= 4 is 11.8 Å². The molecule has 1 rings (SSSR count). The average Bonchev–Trinajstić information content (AvgIpc) is 2.29. The van der Waals surface area contributed by atoms with Crippen LogP contribution in [0.3, 0.4) is 0 Å². The summed E-state index contributed by atoms with van der Waals surface area (Å²) in [5.74, 6) is 0.400. The van der Waals surface area contributed by atoms with Crippen LogP contribution >= 0.6 is 0 Å². The van der Waals surface area contributed by atoms with Crippen molar-refractivity contribution < 1.29 is 24.5 Å². The molecule has 1 amide bonds. The number of benzene rings is 1. The molecular formula is C10H13NO5. The van der Waals surface area contributed by atoms with Crippen LogP contribution in [0.15, 0.2) is 18.2 Å². The molecule has 1 aromatic rings. The van der Waals surface area contributed by atoms with Crippen molar-refractivity contribution in [2.45, 2.75) is 0 Å². The van der Waals surface area contributed by atoms with Crippen LogP contribution < -0.4 is 10.1 Å². The number of methoxy groups -OCH3 is 1. The standard InChI is InChI=1S/C10H13NO5/c1-15-7-2-3-9(13)8(6-7)11-10(14)16-5-4-12/h2-3,6,12-13H,4-5H2,1H3,(H,11,14). The molecule has 88 valence electrons. The number of phenolic OH excluding ortho intramolecular Hbond substituents is 1. The maximum Gasteiger partial charge on any atom is 0.411 e. The minimum atomic E-state index is -0.752. The molecule has 6 nitrogen and oxygen atoms in total. The van der Waals surface area contributed by atoms with Gasteiger partial charge in [-0.25, -0.2) is 4.79 Å². The van der Waals surface area contributed by atoms with E-state index in [2.05, 4.69) is 10.1 Å². The van der Waals surface area contributed by atoms with E-state index in [0.717, 1.165) is 0 Å². The number of anilines is 1. The Balaban J connectivity index is 2.68. The fourth-order valence-corrected chi connectivity index (χ4v) is 1.03. The summed E-state index contributed by atoms with van der Waals surface area (Å²) in [6.45, 7) is -0.353. The van der Waals surface area contributed by atoms with E-state index >= 15 is 0 Å². The minimum absolute atomic E-state index is 0.0956. The topological polar surface area (TPSA) is 88.0 Å². The van der Waals surface area contributed by atoms with Crippen molar-refractivity contribution in [3.63, 3.8) is 0 Å². The molecule has 0 bridgehead atoms. The molecule has 0 saturated heterocycles. The predicted molar refractivity (Wildman–Crippen MR) is 56.7 cm³/mol. The highest BCUT2D eigenvalue weighted by molar-refractivity contribution is 5.87. The van der Waals surface area contributed by atoms with Crippen molar-refractivity contribution in [1.82, 2.24) is 0 Å². The summed E-state index contributed by atoms with van der Waals surface area (Å²) in [7, 11) is 1.47. The monoisotopic (exact) mass is 227 g/mol. The Hall–Kier alpha value is -1.95. The van der Waals surface area contributed by atoms with Crippen molar-refractivity contribution in [2.75, 3.05) is 25.6 Å². The number of nitrogens with one attached hydrogen (secondary N) is 1. The van der Waals surface area contributed by atoms with Crippen LogP contribution in [0.2, 0.25) is 0 Å². The summed E-state index contributed by atoms with van der Waals surface area (Å²) in [5.41, 5.74) is 0.183. The third-order valence-corrected chi connectivity index (χ3v) is 1.76. The lowest BCUT2D eigenvalue weighted by molar-refractivity contribution is 0.131. The number of aliphatic hydroxyl groups is 1. The van der Waals surface area contributed by atoms with Gasteiger partial charge < -0.3 is 19.7 Å². The van der Waals surface area contributed by atoms with Gasteiger partial charge in [-0.3, -0.25) is 5.32 Å². The lowest BCUT2D eigenvalue weighted by Gasteiger charge is -2.08. The van der Waals surface area contributed by atoms with Crippen LogP contribution in [0.25, 0.3) is 0 Å². The van der Waals surface area contributed by atoms with Gasteiger partial charge in [0.1, 0.15) is 18.1 Å². The molecule has 1 aromatic carbocycles. The van der Waals surface area contributed by atoms with Crippen LogP contribution in [0.1, 0.15) is 0 Å². The first-order valence-electron chi connectivity index (χ1n) is 4.59. The quantitative estimate of drug-likeness (QED) is 0.666. The largest absolute Gasteiger partial charge is 0.506 e. The summed E-state index contributed by atoms with van der Waals surface area (Å²) in [6.07, 6.45) is -0.752. The Morgan fingerprint density at radius 3 is 2.88 bits per heavy atom. The number of carbonyl (C=O) groups excluding carboxylic acids is 1. The molecule has 0 aliphatic carbocycles. The normalized spacial score (nSPS) is 9.62. The zero-order chi connectivity index (χ0) is 12.0. The molecule has 0 spiro atoms. The first kappa shape index (κ1) is 12.1. The first-order chi connectivity index (χ1) is 7.67. The fourth-order valence-electron chi connectivity index (χ4n) is 1.03. The lowest BCUT2D eigenvalue weighted by atomic mass is 10.3. The van der Waals surface area contributed by atoms with Gasteiger partial charge in [0.05, 0.1) is 19.4 Å². The van der Waals surface area contributed by atoms with Crippen molar-refractivity contribution in [3.8, 4) is 11.5 Å². The molecule has 16 heavy (non-hydrogen) atoms. The highest BCUT2D eigenvalue weighted by atomic mass is 16.6. The van der Waals surface area contributed by atoms with E-state index < -0.39 is 6.09 Å². The number of hydrogen-bond donors (Lipinski definition) is 3. The van der Waals surface area contributed by atoms with Gasteiger partial charge in [0.2, 0.25) is 0 Å². The van der Waals surface area contributed by atoms with Gasteiger partial charge in [0.15, 0.2) is 0 Å². The summed E-state index contributed by atoms with van der Waals surface area (Å²) in [5, 5.41) is 20.2. The lowest BCUT2D eigenvalue weighted by Crippen LogP contribution is -2.15. The van der Waals surface area contributed by atoms with Crippen molar-refractivity contribution in [3.05, 3.63) is 18.2 Å². The molecule has 0 radical (unpaired) electrons. The first-order valence-corrected chi connectivity index (χ1v) is 4.59. The van der Waals surface area contributed by atoms with E-state index in [9.17, 15) is 9.90 Å². The number of ether oxygens (including phenoxy) is 2. The zero-order valence-corrected chi connectivity index (χ0v) is 8.77. The van der Waals surface area contributed by atoms with E-state index in [1.807, 2.05) is 0 Å². The summed E-state index contributed by atoms with van der Waals surface area (Å²) in [4.78, 5) is 11.1. The summed E-state index contributed by atoms with van der Waals surface area (Å²) >= 11 is 0. The van der Waals surface area contributed by atoms with Gasteiger partial charge in [0, 0.05) is 6.07 Å². The Labute approximate surface area is 92.4 Å². The van der Waals surface area contributed by atoms with Gasteiger partial charge in [-0.05, 0) is 12.1 Å². The maximum absolute atomic E-state index is 11.1. The smallest absolute Gasteiger partial charge is 0.411 e. The molecule has 0 fully saturated rings. The number of aromatic hydroxyl groups is 1. The molecule has 0 heterocycles. The number of carbonyl (C=O) groups is 1. The number of rotatable bonds is 4. The van der Waals surface area contributed by atoms with Gasteiger partial charge in [0.25, 0.3) is 0 Å². The predicted octanol–water partition coefficient (Wildman–Crippen LogP) is 0.942. The van der Waals surface area contributed by atoms with Crippen molar-refractivity contribution in [2.24, 2.45) is 0 Å². The van der Waals surface area contributed by atoms with Crippen LogP contribution in [-0.2, 0) is 4.74 Å². The van der Waals surface area contributed by atoms with E-state index in [4.69, 9.17) is 9.84 Å². The maximum atomic E-state index is 11.1. The Kier molecular flexibility index (Phi) is 4.41. The van der Waals surface area contributed by atoms with Crippen LogP contribution in [0, 0.1) is 0 Å². The molecule has 0 atom stereocenters. The van der Waals surface area contributed by atoms with Crippen molar-refractivity contribution in [1.29, 1.82) is 0 Å². The molecule has 6 heteroatoms. The highest BCUT2D eigenvalue weighted by Gasteiger charge is 2.08. The molecular weight excluding hydrogens is 214 g/mol. The number of hydrogen-bond acceptors (Lipinski definition) is 5. The van der Waals surface area contributed by atoms with Crippen LogP contribution in [0.5, 0.6) is 11.5 Å². The van der Waals surface area contributed by atoms with Gasteiger partial charge in [-0.15, -0.1) is 0 Å². The number of phenols is 1.